The van der Waals surface area contributed by atoms with Crippen molar-refractivity contribution in [2.45, 2.75) is 0 Å². The van der Waals surface area contributed by atoms with Gasteiger partial charge in [-0.1, -0.05) is 79.9 Å². The van der Waals surface area contributed by atoms with Crippen molar-refractivity contribution < 1.29 is 29.5 Å². The predicted molar refractivity (Wildman–Crippen MR) is 191 cm³/mol. The van der Waals surface area contributed by atoms with Crippen LogP contribution in [0.25, 0.3) is 20.4 Å². The van der Waals surface area contributed by atoms with E-state index in [1.54, 1.807) is 28.6 Å². The Morgan fingerprint density at radius 3 is 1.52 bits per heavy atom. The molecule has 4 aromatic heterocycles. The lowest BCUT2D eigenvalue weighted by Crippen LogP contribution is -2.13. The standard InChI is InChI=1S/C8H7N3O2S.C7H4ClNS.C4H5N3O2S.C3H2ClNS.2CH4N2O2/c1-11(12)10-13-8-9-6-4-2-3-5-7(6)14-8;8-7-9-5-3-1-2-4-6(5)10-7;1-7(8)6-9-4-5-2-3-10-4;4-3-5-1-2-6-3;2*1-2-3(4)5/h2-5H,1H3;1-4H;2-3H,1H3;1-2H;2*2H,1H3. The first-order valence-corrected chi connectivity index (χ1v) is 17.0. The van der Waals surface area contributed by atoms with Gasteiger partial charge in [-0.05, 0) is 24.3 Å². The highest BCUT2D eigenvalue weighted by atomic mass is 35.5. The number of hydrogen-bond acceptors (Lipinski definition) is 18. The van der Waals surface area contributed by atoms with Crippen LogP contribution in [0.3, 0.4) is 0 Å². The van der Waals surface area contributed by atoms with Crippen molar-refractivity contribution in [1.29, 1.82) is 0 Å². The molecule has 0 unspecified atom stereocenters. The van der Waals surface area contributed by atoms with Gasteiger partial charge in [0.25, 0.3) is 0 Å². The number of para-hydroxylation sites is 2. The Kier molecular flexibility index (Phi) is 21.4. The monoisotopic (exact) mass is 808 g/mol. The van der Waals surface area contributed by atoms with Crippen LogP contribution in [0.5, 0.6) is 10.4 Å². The van der Waals surface area contributed by atoms with Gasteiger partial charge in [0.2, 0.25) is 10.6 Å². The summed E-state index contributed by atoms with van der Waals surface area (Å²) in [4.78, 5) is 43.8. The van der Waals surface area contributed by atoms with E-state index in [9.17, 15) is 10.4 Å². The summed E-state index contributed by atoms with van der Waals surface area (Å²) in [5.41, 5.74) is 5.33. The highest BCUT2D eigenvalue weighted by molar-refractivity contribution is 7.22. The summed E-state index contributed by atoms with van der Waals surface area (Å²) in [6.07, 6.45) is 3.24. The number of benzene rings is 2. The number of halogens is 2. The minimum Gasteiger partial charge on any atom is -0.598 e. The Bertz CT molecular complexity index is 1810. The van der Waals surface area contributed by atoms with Crippen LogP contribution in [-0.2, 0) is 0 Å². The molecule has 6 rings (SSSR count). The summed E-state index contributed by atoms with van der Waals surface area (Å²) in [6, 6.07) is 15.5. The van der Waals surface area contributed by atoms with Crippen molar-refractivity contribution >= 4 is 89.0 Å². The Hall–Kier alpha value is -5.14. The van der Waals surface area contributed by atoms with Gasteiger partial charge in [0.1, 0.15) is 0 Å². The second-order valence-corrected chi connectivity index (χ2v) is 12.6. The van der Waals surface area contributed by atoms with E-state index in [1.165, 1.54) is 73.5 Å². The molecule has 0 fully saturated rings. The summed E-state index contributed by atoms with van der Waals surface area (Å²) in [5.74, 6) is 0. The van der Waals surface area contributed by atoms with E-state index in [1.807, 2.05) is 53.9 Å². The smallest absolute Gasteiger partial charge is 0.312 e. The summed E-state index contributed by atoms with van der Waals surface area (Å²) < 4.78 is 3.37. The third kappa shape index (κ3) is 20.3. The first-order chi connectivity index (χ1) is 23.8. The molecule has 0 radical (unpaired) electrons. The lowest BCUT2D eigenvalue weighted by molar-refractivity contribution is -0.538. The van der Waals surface area contributed by atoms with Crippen LogP contribution in [0.2, 0.25) is 8.93 Å². The van der Waals surface area contributed by atoms with Crippen molar-refractivity contribution in [2.75, 3.05) is 28.2 Å². The molecule has 0 saturated carbocycles. The average molecular weight is 810 g/mol. The average Bonchev–Trinajstić information content (AvgIpc) is 3.91. The molecule has 50 heavy (non-hydrogen) atoms. The fourth-order valence-electron chi connectivity index (χ4n) is 2.38. The van der Waals surface area contributed by atoms with Crippen LogP contribution in [0.4, 0.5) is 0 Å². The second kappa shape index (κ2) is 24.9. The van der Waals surface area contributed by atoms with Crippen LogP contribution >= 0.6 is 68.5 Å². The van der Waals surface area contributed by atoms with Gasteiger partial charge in [-0.25, -0.2) is 40.2 Å². The van der Waals surface area contributed by atoms with Crippen molar-refractivity contribution in [1.82, 2.24) is 30.8 Å². The number of thiazole rings is 4. The molecule has 0 bridgehead atoms. The van der Waals surface area contributed by atoms with Crippen molar-refractivity contribution in [3.63, 3.8) is 0 Å². The Morgan fingerprint density at radius 1 is 0.680 bits per heavy atom. The quantitative estimate of drug-likeness (QED) is 0.0763. The lowest BCUT2D eigenvalue weighted by Gasteiger charge is -1.88. The number of hydroxylamine groups is 2. The normalized spacial score (nSPS) is 10.1. The lowest BCUT2D eigenvalue weighted by atomic mass is 10.3. The SMILES string of the molecule is CN[N+](=O)[O-].CN[N+](=O)[O-].C[N+]([O-])=NOc1nc2ccccc2s1.C[N+]([O-])=NOc1nccs1.Clc1nc2ccccc2s1.Clc1nccs1. The van der Waals surface area contributed by atoms with E-state index in [0.29, 0.717) is 29.0 Å². The number of nitro groups is 2. The number of hydrogen-bond donors (Lipinski definition) is 2. The molecule has 4 heterocycles. The van der Waals surface area contributed by atoms with Crippen LogP contribution < -0.4 is 20.5 Å². The number of fused-ring (bicyclic) bond motifs is 2. The van der Waals surface area contributed by atoms with Gasteiger partial charge in [0, 0.05) is 23.2 Å². The Morgan fingerprint density at radius 2 is 1.14 bits per heavy atom. The molecule has 0 aliphatic rings. The zero-order valence-corrected chi connectivity index (χ0v) is 30.8. The number of rotatable bonds is 6. The van der Waals surface area contributed by atoms with Crippen LogP contribution in [0, 0.1) is 30.6 Å². The van der Waals surface area contributed by atoms with E-state index in [-0.39, 0.29) is 0 Å². The molecule has 26 heteroatoms. The number of hydrazine groups is 2. The summed E-state index contributed by atoms with van der Waals surface area (Å²) >= 11 is 16.6. The molecule has 268 valence electrons. The van der Waals surface area contributed by atoms with Crippen LogP contribution in [0.15, 0.2) is 82.2 Å². The van der Waals surface area contributed by atoms with Gasteiger partial charge in [-0.2, -0.15) is 0 Å². The van der Waals surface area contributed by atoms with Crippen molar-refractivity contribution in [2.24, 2.45) is 10.6 Å². The largest absolute Gasteiger partial charge is 0.598 e. The van der Waals surface area contributed by atoms with E-state index >= 15 is 0 Å². The van der Waals surface area contributed by atoms with Crippen LogP contribution in [0.1, 0.15) is 0 Å². The van der Waals surface area contributed by atoms with Crippen molar-refractivity contribution in [3.05, 3.63) is 111 Å². The molecule has 6 aromatic rings. The molecule has 0 atom stereocenters. The number of nitrogens with zero attached hydrogens (tertiary/aromatic N) is 10. The fraction of sp³-hybridized carbons (Fsp3) is 0.167. The maximum atomic E-state index is 10.4. The first-order valence-electron chi connectivity index (χ1n) is 12.9. The Labute approximate surface area is 308 Å². The van der Waals surface area contributed by atoms with E-state index < -0.39 is 10.1 Å². The molecule has 2 N–H and O–H groups in total. The van der Waals surface area contributed by atoms with E-state index in [2.05, 4.69) is 35.3 Å². The maximum Gasteiger partial charge on any atom is 0.312 e. The molecular weight excluding hydrogens is 784 g/mol. The first kappa shape index (κ1) is 42.9. The molecule has 2 aromatic carbocycles. The molecule has 0 spiro atoms. The third-order valence-electron chi connectivity index (χ3n) is 4.19. The van der Waals surface area contributed by atoms with Gasteiger partial charge in [0.15, 0.2) is 33.1 Å². The van der Waals surface area contributed by atoms with Gasteiger partial charge >= 0.3 is 10.4 Å². The molecule has 0 aliphatic heterocycles. The van der Waals surface area contributed by atoms with Gasteiger partial charge in [-0.3, -0.25) is 9.68 Å². The van der Waals surface area contributed by atoms with Gasteiger partial charge in [-0.15, -0.1) is 33.5 Å². The van der Waals surface area contributed by atoms with Crippen LogP contribution in [-0.4, -0.2) is 67.9 Å². The highest BCUT2D eigenvalue weighted by Crippen LogP contribution is 2.27. The highest BCUT2D eigenvalue weighted by Gasteiger charge is 2.04. The van der Waals surface area contributed by atoms with Gasteiger partial charge in [0.05, 0.1) is 34.5 Å². The molecule has 0 saturated heterocycles. The predicted octanol–water partition coefficient (Wildman–Crippen LogP) is 6.75. The maximum absolute atomic E-state index is 10.4. The third-order valence-corrected chi connectivity index (χ3v) is 7.80. The topological polar surface area (TPSA) is 257 Å². The zero-order chi connectivity index (χ0) is 37.3. The molecule has 0 aliphatic carbocycles. The molecule has 0 amide bonds. The van der Waals surface area contributed by atoms with E-state index in [0.717, 1.165) is 20.4 Å². The number of nitrogens with one attached hydrogen (secondary N) is 2. The minimum absolute atomic E-state index is 0.321. The van der Waals surface area contributed by atoms with Gasteiger partial charge < -0.3 is 10.4 Å². The summed E-state index contributed by atoms with van der Waals surface area (Å²) in [5, 5.41) is 48.1. The number of aromatic nitrogens is 4. The fourth-order valence-corrected chi connectivity index (χ4v) is 5.18. The van der Waals surface area contributed by atoms with Crippen molar-refractivity contribution in [3.8, 4) is 10.4 Å². The van der Waals surface area contributed by atoms with E-state index in [4.69, 9.17) is 48.3 Å². The minimum atomic E-state index is -0.625. The summed E-state index contributed by atoms with van der Waals surface area (Å²) in [7, 11) is 4.97. The molecule has 20 nitrogen and oxygen atoms in total. The zero-order valence-electron chi connectivity index (χ0n) is 26.1. The summed E-state index contributed by atoms with van der Waals surface area (Å²) in [6.45, 7) is 0. The molecular formula is C24H26Cl2N12O8S4. The Balaban J connectivity index is 0.000000314. The second-order valence-electron chi connectivity index (χ2n) is 7.70.